The van der Waals surface area contributed by atoms with Crippen LogP contribution in [0.3, 0.4) is 0 Å². The molecule has 1 N–H and O–H groups in total. The number of anilines is 2. The number of sulfonamides is 1. The van der Waals surface area contributed by atoms with Crippen LogP contribution in [0.4, 0.5) is 11.4 Å². The number of hydrogen-bond acceptors (Lipinski definition) is 4. The monoisotopic (exact) mass is 449 g/mol. The molecule has 2 aliphatic rings. The van der Waals surface area contributed by atoms with Gasteiger partial charge in [-0.1, -0.05) is 39.0 Å². The van der Waals surface area contributed by atoms with E-state index >= 15 is 0 Å². The lowest BCUT2D eigenvalue weighted by molar-refractivity contribution is 0.0725. The number of unbranched alkanes of at least 4 members (excludes halogenated alkanes) is 5. The van der Waals surface area contributed by atoms with Crippen LogP contribution < -0.4 is 9.62 Å². The van der Waals surface area contributed by atoms with Gasteiger partial charge >= 0.3 is 0 Å². The highest BCUT2D eigenvalue weighted by atomic mass is 32.2. The second-order valence-corrected chi connectivity index (χ2v) is 10.8. The molecule has 6 nitrogen and oxygen atoms in total. The van der Waals surface area contributed by atoms with Gasteiger partial charge in [0.1, 0.15) is 0 Å². The van der Waals surface area contributed by atoms with E-state index in [1.165, 1.54) is 25.7 Å². The Morgan fingerprint density at radius 1 is 0.903 bits per heavy atom. The van der Waals surface area contributed by atoms with Crippen molar-refractivity contribution in [2.24, 2.45) is 0 Å². The molecule has 1 aromatic rings. The first kappa shape index (κ1) is 23.9. The summed E-state index contributed by atoms with van der Waals surface area (Å²) in [5.74, 6) is 0.154. The van der Waals surface area contributed by atoms with Crippen LogP contribution in [0.2, 0.25) is 0 Å². The summed E-state index contributed by atoms with van der Waals surface area (Å²) in [6.07, 6.45) is 11.8. The Balaban J connectivity index is 1.69. The number of benzene rings is 1. The van der Waals surface area contributed by atoms with Crippen molar-refractivity contribution in [1.82, 2.24) is 4.90 Å². The second-order valence-electron chi connectivity index (χ2n) is 8.97. The SMILES string of the molecule is CCCCCCCCS(=O)(=O)Nc1ccc(N2CCCC2)c(C(=O)N2CCCCC2)c1. The van der Waals surface area contributed by atoms with Crippen molar-refractivity contribution in [2.75, 3.05) is 41.6 Å². The molecule has 2 aliphatic heterocycles. The second kappa shape index (κ2) is 11.7. The Morgan fingerprint density at radius 2 is 1.55 bits per heavy atom. The summed E-state index contributed by atoms with van der Waals surface area (Å²) in [6, 6.07) is 5.48. The smallest absolute Gasteiger partial charge is 0.256 e. The van der Waals surface area contributed by atoms with Gasteiger partial charge in [0.05, 0.1) is 11.3 Å². The minimum atomic E-state index is -3.42. The lowest BCUT2D eigenvalue weighted by Crippen LogP contribution is -2.36. The Kier molecular flexibility index (Phi) is 9.05. The molecule has 2 fully saturated rings. The fraction of sp³-hybridized carbons (Fsp3) is 0.708. The normalized spacial score (nSPS) is 17.2. The van der Waals surface area contributed by atoms with Gasteiger partial charge in [-0.3, -0.25) is 9.52 Å². The van der Waals surface area contributed by atoms with Crippen LogP contribution in [0.1, 0.15) is 87.9 Å². The Hall–Kier alpha value is -1.76. The highest BCUT2D eigenvalue weighted by Gasteiger charge is 2.25. The van der Waals surface area contributed by atoms with Gasteiger partial charge in [0.25, 0.3) is 5.91 Å². The summed E-state index contributed by atoms with van der Waals surface area (Å²) < 4.78 is 27.9. The number of rotatable bonds is 11. The molecule has 0 atom stereocenters. The zero-order valence-corrected chi connectivity index (χ0v) is 19.9. The van der Waals surface area contributed by atoms with E-state index in [2.05, 4.69) is 16.5 Å². The Labute approximate surface area is 188 Å². The van der Waals surface area contributed by atoms with E-state index in [1.807, 2.05) is 11.0 Å². The van der Waals surface area contributed by atoms with Crippen LogP contribution in [0.5, 0.6) is 0 Å². The van der Waals surface area contributed by atoms with E-state index in [0.29, 0.717) is 17.7 Å². The van der Waals surface area contributed by atoms with Crippen LogP contribution in [0, 0.1) is 0 Å². The van der Waals surface area contributed by atoms with Crippen LogP contribution in [0.15, 0.2) is 18.2 Å². The average Bonchev–Trinajstić information content (AvgIpc) is 3.30. The molecular formula is C24H39N3O3S. The molecule has 174 valence electrons. The van der Waals surface area contributed by atoms with Gasteiger partial charge < -0.3 is 9.80 Å². The first-order chi connectivity index (χ1) is 15.0. The molecule has 0 saturated carbocycles. The van der Waals surface area contributed by atoms with Gasteiger partial charge in [0.2, 0.25) is 10.0 Å². The maximum absolute atomic E-state index is 13.3. The molecule has 0 bridgehead atoms. The van der Waals surface area contributed by atoms with Gasteiger partial charge in [0, 0.05) is 37.6 Å². The van der Waals surface area contributed by atoms with Crippen molar-refractivity contribution >= 4 is 27.3 Å². The van der Waals surface area contributed by atoms with Crippen molar-refractivity contribution in [3.63, 3.8) is 0 Å². The lowest BCUT2D eigenvalue weighted by atomic mass is 10.1. The molecule has 0 radical (unpaired) electrons. The first-order valence-electron chi connectivity index (χ1n) is 12.2. The number of hydrogen-bond donors (Lipinski definition) is 1. The van der Waals surface area contributed by atoms with Crippen molar-refractivity contribution in [3.8, 4) is 0 Å². The Bertz CT molecular complexity index is 813. The number of likely N-dealkylation sites (tertiary alicyclic amines) is 1. The highest BCUT2D eigenvalue weighted by Crippen LogP contribution is 2.30. The number of piperidine rings is 1. The topological polar surface area (TPSA) is 69.7 Å². The molecule has 2 heterocycles. The summed E-state index contributed by atoms with van der Waals surface area (Å²) in [7, 11) is -3.42. The summed E-state index contributed by atoms with van der Waals surface area (Å²) >= 11 is 0. The van der Waals surface area contributed by atoms with E-state index < -0.39 is 10.0 Å². The molecule has 2 saturated heterocycles. The van der Waals surface area contributed by atoms with Crippen LogP contribution in [-0.2, 0) is 10.0 Å². The Morgan fingerprint density at radius 3 is 2.26 bits per heavy atom. The minimum absolute atomic E-state index is 0.0265. The molecule has 3 rings (SSSR count). The predicted molar refractivity (Wildman–Crippen MR) is 128 cm³/mol. The lowest BCUT2D eigenvalue weighted by Gasteiger charge is -2.29. The largest absolute Gasteiger partial charge is 0.371 e. The molecule has 1 amide bonds. The summed E-state index contributed by atoms with van der Waals surface area (Å²) in [6.45, 7) is 5.64. The zero-order chi connectivity index (χ0) is 22.1. The molecule has 0 aromatic heterocycles. The average molecular weight is 450 g/mol. The number of amides is 1. The molecule has 0 unspecified atom stereocenters. The van der Waals surface area contributed by atoms with E-state index in [-0.39, 0.29) is 11.7 Å². The van der Waals surface area contributed by atoms with Gasteiger partial charge in [-0.25, -0.2) is 8.42 Å². The van der Waals surface area contributed by atoms with Crippen molar-refractivity contribution in [1.29, 1.82) is 0 Å². The summed E-state index contributed by atoms with van der Waals surface area (Å²) in [4.78, 5) is 17.5. The van der Waals surface area contributed by atoms with Crippen LogP contribution in [0.25, 0.3) is 0 Å². The zero-order valence-electron chi connectivity index (χ0n) is 19.1. The third-order valence-electron chi connectivity index (χ3n) is 6.36. The van der Waals surface area contributed by atoms with Gasteiger partial charge in [-0.2, -0.15) is 0 Å². The maximum Gasteiger partial charge on any atom is 0.256 e. The number of carbonyl (C=O) groups excluding carboxylic acids is 1. The molecule has 0 aliphatic carbocycles. The first-order valence-corrected chi connectivity index (χ1v) is 13.8. The quantitative estimate of drug-likeness (QED) is 0.482. The number of nitrogens with one attached hydrogen (secondary N) is 1. The van der Waals surface area contributed by atoms with Gasteiger partial charge in [-0.15, -0.1) is 0 Å². The van der Waals surface area contributed by atoms with E-state index in [1.54, 1.807) is 12.1 Å². The standard InChI is InChI=1S/C24H39N3O3S/c1-2-3-4-5-6-12-19-31(29,30)25-21-13-14-23(26-15-10-11-16-26)22(20-21)24(28)27-17-8-7-9-18-27/h13-14,20,25H,2-12,15-19H2,1H3. The van der Waals surface area contributed by atoms with Crippen LogP contribution in [-0.4, -0.2) is 51.2 Å². The predicted octanol–water partition coefficient (Wildman–Crippen LogP) is 5.02. The van der Waals surface area contributed by atoms with Gasteiger partial charge in [0.15, 0.2) is 0 Å². The van der Waals surface area contributed by atoms with E-state index in [9.17, 15) is 13.2 Å². The molecule has 7 heteroatoms. The van der Waals surface area contributed by atoms with E-state index in [0.717, 1.165) is 70.4 Å². The molecule has 1 aromatic carbocycles. The molecule has 31 heavy (non-hydrogen) atoms. The van der Waals surface area contributed by atoms with Crippen LogP contribution >= 0.6 is 0 Å². The number of nitrogens with zero attached hydrogens (tertiary/aromatic N) is 2. The van der Waals surface area contributed by atoms with Crippen molar-refractivity contribution in [3.05, 3.63) is 23.8 Å². The van der Waals surface area contributed by atoms with Crippen molar-refractivity contribution < 1.29 is 13.2 Å². The highest BCUT2D eigenvalue weighted by molar-refractivity contribution is 7.92. The maximum atomic E-state index is 13.3. The van der Waals surface area contributed by atoms with Crippen molar-refractivity contribution in [2.45, 2.75) is 77.6 Å². The third kappa shape index (κ3) is 7.13. The fourth-order valence-corrected chi connectivity index (χ4v) is 5.75. The third-order valence-corrected chi connectivity index (χ3v) is 7.73. The number of carbonyl (C=O) groups is 1. The van der Waals surface area contributed by atoms with Gasteiger partial charge in [-0.05, 0) is 56.7 Å². The minimum Gasteiger partial charge on any atom is -0.371 e. The molecule has 0 spiro atoms. The molecular weight excluding hydrogens is 410 g/mol. The fourth-order valence-electron chi connectivity index (χ4n) is 4.57. The summed E-state index contributed by atoms with van der Waals surface area (Å²) in [5, 5.41) is 0. The van der Waals surface area contributed by atoms with E-state index in [4.69, 9.17) is 0 Å². The summed E-state index contributed by atoms with van der Waals surface area (Å²) in [5.41, 5.74) is 2.06.